The zero-order valence-electron chi connectivity index (χ0n) is 11.1. The van der Waals surface area contributed by atoms with E-state index in [-0.39, 0.29) is 18.3 Å². The van der Waals surface area contributed by atoms with Crippen molar-refractivity contribution in [1.29, 1.82) is 5.41 Å². The van der Waals surface area contributed by atoms with Crippen LogP contribution in [0.3, 0.4) is 0 Å². The SMILES string of the molecule is CC(=O)O.N=C(N)COc1ccc2c(c1)CCC(=O)N2. The maximum atomic E-state index is 11.1. The lowest BCUT2D eigenvalue weighted by Crippen LogP contribution is -2.20. The number of rotatable bonds is 3. The molecule has 20 heavy (non-hydrogen) atoms. The van der Waals surface area contributed by atoms with Gasteiger partial charge in [-0.25, -0.2) is 0 Å². The number of anilines is 1. The Hall–Kier alpha value is -2.57. The summed E-state index contributed by atoms with van der Waals surface area (Å²) >= 11 is 0. The number of benzene rings is 1. The van der Waals surface area contributed by atoms with E-state index < -0.39 is 5.97 Å². The van der Waals surface area contributed by atoms with Crippen LogP contribution in [-0.2, 0) is 16.0 Å². The Morgan fingerprint density at radius 3 is 2.75 bits per heavy atom. The first-order valence-electron chi connectivity index (χ1n) is 5.96. The summed E-state index contributed by atoms with van der Waals surface area (Å²) in [5, 5.41) is 17.3. The maximum Gasteiger partial charge on any atom is 0.300 e. The third-order valence-electron chi connectivity index (χ3n) is 2.37. The number of ether oxygens (including phenoxy) is 1. The van der Waals surface area contributed by atoms with E-state index in [2.05, 4.69) is 5.32 Å². The van der Waals surface area contributed by atoms with Crippen molar-refractivity contribution < 1.29 is 19.4 Å². The van der Waals surface area contributed by atoms with Crippen LogP contribution in [0.15, 0.2) is 18.2 Å². The smallest absolute Gasteiger partial charge is 0.300 e. The Morgan fingerprint density at radius 1 is 1.50 bits per heavy atom. The molecule has 1 aromatic rings. The van der Waals surface area contributed by atoms with E-state index >= 15 is 0 Å². The summed E-state index contributed by atoms with van der Waals surface area (Å²) < 4.78 is 5.30. The van der Waals surface area contributed by atoms with Crippen LogP contribution in [0.4, 0.5) is 5.69 Å². The molecule has 0 saturated heterocycles. The topological polar surface area (TPSA) is 126 Å². The average Bonchev–Trinajstić information content (AvgIpc) is 2.35. The van der Waals surface area contributed by atoms with Gasteiger partial charge in [-0.3, -0.25) is 15.0 Å². The highest BCUT2D eigenvalue weighted by atomic mass is 16.5. The molecule has 108 valence electrons. The highest BCUT2D eigenvalue weighted by Gasteiger charge is 2.14. The molecular weight excluding hydrogens is 262 g/mol. The Bertz CT molecular complexity index is 524. The second-order valence-electron chi connectivity index (χ2n) is 4.20. The molecule has 7 nitrogen and oxygen atoms in total. The van der Waals surface area contributed by atoms with Crippen molar-refractivity contribution in [2.75, 3.05) is 11.9 Å². The number of carboxylic acid groups (broad SMARTS) is 1. The number of aryl methyl sites for hydroxylation is 1. The molecule has 2 rings (SSSR count). The van der Waals surface area contributed by atoms with Crippen LogP contribution in [-0.4, -0.2) is 29.4 Å². The van der Waals surface area contributed by atoms with Crippen molar-refractivity contribution in [1.82, 2.24) is 0 Å². The number of amidine groups is 1. The molecule has 0 fully saturated rings. The number of carbonyl (C=O) groups excluding carboxylic acids is 1. The first kappa shape index (κ1) is 15.5. The Kier molecular flexibility index (Phi) is 5.52. The minimum Gasteiger partial charge on any atom is -0.486 e. The van der Waals surface area contributed by atoms with Gasteiger partial charge in [-0.15, -0.1) is 0 Å². The zero-order chi connectivity index (χ0) is 15.1. The van der Waals surface area contributed by atoms with E-state index in [9.17, 15) is 4.79 Å². The lowest BCUT2D eigenvalue weighted by molar-refractivity contribution is -0.134. The van der Waals surface area contributed by atoms with Gasteiger partial charge in [-0.2, -0.15) is 0 Å². The number of hydrogen-bond donors (Lipinski definition) is 4. The van der Waals surface area contributed by atoms with Crippen molar-refractivity contribution in [3.05, 3.63) is 23.8 Å². The van der Waals surface area contributed by atoms with Crippen LogP contribution in [0.25, 0.3) is 0 Å². The van der Waals surface area contributed by atoms with E-state index in [1.165, 1.54) is 0 Å². The number of carbonyl (C=O) groups is 2. The van der Waals surface area contributed by atoms with Gasteiger partial charge < -0.3 is 20.9 Å². The molecule has 1 heterocycles. The van der Waals surface area contributed by atoms with E-state index in [1.807, 2.05) is 12.1 Å². The number of carboxylic acids is 1. The lowest BCUT2D eigenvalue weighted by Gasteiger charge is -2.17. The molecule has 1 aliphatic heterocycles. The summed E-state index contributed by atoms with van der Waals surface area (Å²) in [4.78, 5) is 20.1. The molecule has 0 aromatic heterocycles. The third-order valence-corrected chi connectivity index (χ3v) is 2.37. The number of nitrogens with one attached hydrogen (secondary N) is 2. The molecule has 5 N–H and O–H groups in total. The summed E-state index contributed by atoms with van der Waals surface area (Å²) in [5.41, 5.74) is 7.09. The second kappa shape index (κ2) is 7.13. The Morgan fingerprint density at radius 2 is 2.15 bits per heavy atom. The van der Waals surface area contributed by atoms with E-state index in [1.54, 1.807) is 6.07 Å². The van der Waals surface area contributed by atoms with E-state index in [0.717, 1.165) is 24.6 Å². The third kappa shape index (κ3) is 5.38. The van der Waals surface area contributed by atoms with Gasteiger partial charge in [-0.1, -0.05) is 0 Å². The lowest BCUT2D eigenvalue weighted by atomic mass is 10.0. The minimum absolute atomic E-state index is 0.00831. The van der Waals surface area contributed by atoms with E-state index in [0.29, 0.717) is 12.2 Å². The van der Waals surface area contributed by atoms with Crippen LogP contribution in [0, 0.1) is 5.41 Å². The highest BCUT2D eigenvalue weighted by Crippen LogP contribution is 2.26. The molecule has 1 aliphatic rings. The first-order chi connectivity index (χ1) is 9.38. The van der Waals surface area contributed by atoms with Crippen molar-refractivity contribution in [3.8, 4) is 5.75 Å². The van der Waals surface area contributed by atoms with Gasteiger partial charge in [0, 0.05) is 19.0 Å². The predicted molar refractivity (Wildman–Crippen MR) is 74.1 cm³/mol. The first-order valence-corrected chi connectivity index (χ1v) is 5.96. The second-order valence-corrected chi connectivity index (χ2v) is 4.20. The normalized spacial score (nSPS) is 12.3. The summed E-state index contributed by atoms with van der Waals surface area (Å²) in [5.74, 6) is -0.124. The number of fused-ring (bicyclic) bond motifs is 1. The molecule has 1 amide bonds. The zero-order valence-corrected chi connectivity index (χ0v) is 11.1. The fraction of sp³-hybridized carbons (Fsp3) is 0.308. The van der Waals surface area contributed by atoms with Crippen molar-refractivity contribution >= 4 is 23.4 Å². The fourth-order valence-electron chi connectivity index (χ4n) is 1.61. The molecule has 0 atom stereocenters. The van der Waals surface area contributed by atoms with Gasteiger partial charge in [0.1, 0.15) is 18.2 Å². The van der Waals surface area contributed by atoms with Gasteiger partial charge >= 0.3 is 0 Å². The average molecular weight is 279 g/mol. The highest BCUT2D eigenvalue weighted by molar-refractivity contribution is 5.94. The standard InChI is InChI=1S/C11H13N3O2.C2H4O2/c12-10(13)6-16-8-2-3-9-7(5-8)1-4-11(15)14-9;1-2(3)4/h2-3,5H,1,4,6H2,(H3,12,13)(H,14,15);1H3,(H,3,4). The minimum atomic E-state index is -0.833. The molecule has 0 aliphatic carbocycles. The molecular formula is C13H17N3O4. The van der Waals surface area contributed by atoms with Crippen LogP contribution in [0.5, 0.6) is 5.75 Å². The van der Waals surface area contributed by atoms with E-state index in [4.69, 9.17) is 25.8 Å². The van der Waals surface area contributed by atoms with Gasteiger partial charge in [0.15, 0.2) is 0 Å². The number of amides is 1. The van der Waals surface area contributed by atoms with Gasteiger partial charge in [0.05, 0.1) is 0 Å². The quantitative estimate of drug-likeness (QED) is 0.484. The monoisotopic (exact) mass is 279 g/mol. The predicted octanol–water partition coefficient (Wildman–Crippen LogP) is 0.977. The molecule has 0 unspecified atom stereocenters. The van der Waals surface area contributed by atoms with Crippen LogP contribution in [0.2, 0.25) is 0 Å². The van der Waals surface area contributed by atoms with Crippen molar-refractivity contribution in [3.63, 3.8) is 0 Å². The van der Waals surface area contributed by atoms with Crippen molar-refractivity contribution in [2.45, 2.75) is 19.8 Å². The van der Waals surface area contributed by atoms with Crippen LogP contribution < -0.4 is 15.8 Å². The fourth-order valence-corrected chi connectivity index (χ4v) is 1.61. The molecule has 0 saturated carbocycles. The Balaban J connectivity index is 0.000000444. The number of nitrogens with two attached hydrogens (primary N) is 1. The van der Waals surface area contributed by atoms with Gasteiger partial charge in [-0.05, 0) is 30.2 Å². The largest absolute Gasteiger partial charge is 0.486 e. The number of hydrogen-bond acceptors (Lipinski definition) is 4. The van der Waals surface area contributed by atoms with Crippen LogP contribution >= 0.6 is 0 Å². The molecule has 1 aromatic carbocycles. The molecule has 0 radical (unpaired) electrons. The maximum absolute atomic E-state index is 11.1. The Labute approximate surface area is 116 Å². The molecule has 0 bridgehead atoms. The van der Waals surface area contributed by atoms with Crippen molar-refractivity contribution in [2.24, 2.45) is 5.73 Å². The van der Waals surface area contributed by atoms with Crippen LogP contribution in [0.1, 0.15) is 18.9 Å². The summed E-state index contributed by atoms with van der Waals surface area (Å²) in [6.07, 6.45) is 1.22. The summed E-state index contributed by atoms with van der Waals surface area (Å²) in [6, 6.07) is 5.44. The summed E-state index contributed by atoms with van der Waals surface area (Å²) in [6.45, 7) is 1.17. The summed E-state index contributed by atoms with van der Waals surface area (Å²) in [7, 11) is 0. The van der Waals surface area contributed by atoms with Gasteiger partial charge in [0.25, 0.3) is 5.97 Å². The van der Waals surface area contributed by atoms with Gasteiger partial charge in [0.2, 0.25) is 5.91 Å². The number of aliphatic carboxylic acids is 1. The molecule has 7 heteroatoms. The molecule has 0 spiro atoms.